The molecule has 28 nitrogen and oxygen atoms in total. The number of nitrogens with two attached hydrogens (primary N) is 3. The Morgan fingerprint density at radius 3 is 1.39 bits per heavy atom. The molecule has 0 aromatic carbocycles. The molecule has 0 spiro atoms. The van der Waals surface area contributed by atoms with E-state index in [0.717, 1.165) is 0 Å². The summed E-state index contributed by atoms with van der Waals surface area (Å²) in [5, 5.41) is 42.9. The molecule has 12 amide bonds. The predicted octanol–water partition coefficient (Wildman–Crippen LogP) is -5.77. The van der Waals surface area contributed by atoms with Crippen molar-refractivity contribution in [1.82, 2.24) is 53.2 Å². The highest BCUT2D eigenvalue weighted by molar-refractivity contribution is 5.99. The van der Waals surface area contributed by atoms with Gasteiger partial charge in [0.25, 0.3) is 0 Å². The quantitative estimate of drug-likeness (QED) is 0.0291. The highest BCUT2D eigenvalue weighted by Crippen LogP contribution is 2.11. The summed E-state index contributed by atoms with van der Waals surface area (Å²) in [6.45, 7) is 13.9. The monoisotopic (exact) mass is 1030 g/mol. The van der Waals surface area contributed by atoms with Crippen LogP contribution in [0.1, 0.15) is 108 Å². The average molecular weight is 1030 g/mol. The van der Waals surface area contributed by atoms with Gasteiger partial charge in [0.05, 0.1) is 25.6 Å². The number of carbonyl (C=O) groups is 13. The van der Waals surface area contributed by atoms with E-state index in [0.29, 0.717) is 6.42 Å². The van der Waals surface area contributed by atoms with Crippen molar-refractivity contribution in [2.45, 2.75) is 168 Å². The summed E-state index contributed by atoms with van der Waals surface area (Å²) in [5.74, 6) is -13.1. The van der Waals surface area contributed by atoms with Gasteiger partial charge in [0.1, 0.15) is 54.4 Å². The molecule has 0 aliphatic carbocycles. The molecule has 0 aromatic rings. The molecule has 0 rings (SSSR count). The molecule has 0 aromatic heterocycles. The number of rotatable bonds is 33. The first-order valence-electron chi connectivity index (χ1n) is 23.5. The summed E-state index contributed by atoms with van der Waals surface area (Å²) in [6, 6.07) is -13.8. The smallest absolute Gasteiger partial charge is 0.326 e. The Morgan fingerprint density at radius 2 is 0.903 bits per heavy atom. The standard InChI is InChI=1S/C44H77N13O15/c1-11-21(6)34(43(70)51-23(8)36(63)48-17-33(61)52-29(44(71)72)15-20(4)5)57-42(69)30(18-58)56-38(65)25(10)49-37(64)24(9)50-40(67)28(16-32(47)60)55-39(66)26(12-13-31(46)59)53-41(68)27(14-19(2)3)54-35(62)22(7)45/h19-30,34,58H,11-18,45H2,1-10H3,(H2,46,59)(H2,47,60)(H,48,63)(H,49,64)(H,50,67)(H,51,70)(H,52,61)(H,53,68)(H,54,62)(H,55,66)(H,56,65)(H,57,69)(H,71,72)/t21-,22-,23-,24-,25-,26-,27-,28-,29-,30-,34-/m0/s1. The molecule has 0 saturated heterocycles. The maximum atomic E-state index is 13.5. The van der Waals surface area contributed by atoms with Crippen molar-refractivity contribution in [3.05, 3.63) is 0 Å². The third-order valence-corrected chi connectivity index (χ3v) is 10.7. The maximum absolute atomic E-state index is 13.5. The molecule has 0 unspecified atom stereocenters. The largest absolute Gasteiger partial charge is 0.480 e. The van der Waals surface area contributed by atoms with Gasteiger partial charge in [-0.15, -0.1) is 0 Å². The van der Waals surface area contributed by atoms with E-state index in [-0.39, 0.29) is 31.1 Å². The zero-order valence-corrected chi connectivity index (χ0v) is 42.6. The average Bonchev–Trinajstić information content (AvgIpc) is 3.28. The zero-order chi connectivity index (χ0) is 55.7. The van der Waals surface area contributed by atoms with Crippen LogP contribution in [0.4, 0.5) is 0 Å². The van der Waals surface area contributed by atoms with E-state index >= 15 is 0 Å². The SMILES string of the molecule is CC[C@H](C)[C@H](NC(=O)[C@H](CO)NC(=O)[C@H](C)NC(=O)[C@H](C)NC(=O)[C@H](CC(N)=O)NC(=O)[C@H](CCC(N)=O)NC(=O)[C@H](CC(C)C)NC(=O)[C@H](C)N)C(=O)N[C@@H](C)C(=O)NCC(=O)N[C@@H](CC(C)C)C(=O)O. The van der Waals surface area contributed by atoms with Gasteiger partial charge in [-0.3, -0.25) is 57.5 Å². The molecule has 72 heavy (non-hydrogen) atoms. The first kappa shape index (κ1) is 65.0. The van der Waals surface area contributed by atoms with Crippen LogP contribution in [0, 0.1) is 17.8 Å². The Bertz CT molecular complexity index is 1950. The Kier molecular flexibility index (Phi) is 29.0. The molecule has 11 atom stereocenters. The Hall–Kier alpha value is -6.97. The van der Waals surface area contributed by atoms with Crippen molar-refractivity contribution >= 4 is 76.9 Å². The van der Waals surface area contributed by atoms with Crippen molar-refractivity contribution in [1.29, 1.82) is 0 Å². The molecular weight excluding hydrogens is 951 g/mol. The lowest BCUT2D eigenvalue weighted by Gasteiger charge is -2.27. The van der Waals surface area contributed by atoms with Gasteiger partial charge in [-0.05, 0) is 64.7 Å². The number of primary amides is 2. The first-order valence-corrected chi connectivity index (χ1v) is 23.5. The molecule has 0 aliphatic heterocycles. The lowest BCUT2D eigenvalue weighted by Crippen LogP contribution is -2.61. The summed E-state index contributed by atoms with van der Waals surface area (Å²) < 4.78 is 0. The number of aliphatic hydroxyl groups is 1. The summed E-state index contributed by atoms with van der Waals surface area (Å²) >= 11 is 0. The summed E-state index contributed by atoms with van der Waals surface area (Å²) in [6.07, 6.45) is -1.00. The predicted molar refractivity (Wildman–Crippen MR) is 256 cm³/mol. The second-order valence-corrected chi connectivity index (χ2v) is 18.4. The molecule has 0 bridgehead atoms. The summed E-state index contributed by atoms with van der Waals surface area (Å²) in [7, 11) is 0. The summed E-state index contributed by atoms with van der Waals surface area (Å²) in [4.78, 5) is 166. The topological polar surface area (TPSA) is 461 Å². The number of carboxylic acid groups (broad SMARTS) is 1. The van der Waals surface area contributed by atoms with Crippen LogP contribution in [0.2, 0.25) is 0 Å². The lowest BCUT2D eigenvalue weighted by molar-refractivity contribution is -0.142. The third-order valence-electron chi connectivity index (χ3n) is 10.7. The molecule has 0 fully saturated rings. The number of nitrogens with one attached hydrogen (secondary N) is 10. The molecule has 0 aliphatic rings. The molecule has 28 heteroatoms. The highest BCUT2D eigenvalue weighted by atomic mass is 16.4. The Balaban J connectivity index is 5.82. The molecule has 0 saturated carbocycles. The third kappa shape index (κ3) is 24.7. The number of hydrogen-bond donors (Lipinski definition) is 15. The van der Waals surface area contributed by atoms with Gasteiger partial charge in [-0.1, -0.05) is 48.0 Å². The van der Waals surface area contributed by atoms with Crippen molar-refractivity contribution in [3.8, 4) is 0 Å². The van der Waals surface area contributed by atoms with Crippen molar-refractivity contribution < 1.29 is 72.5 Å². The highest BCUT2D eigenvalue weighted by Gasteiger charge is 2.35. The number of carbonyl (C=O) groups excluding carboxylic acids is 12. The van der Waals surface area contributed by atoms with Crippen LogP contribution in [-0.2, 0) is 62.3 Å². The van der Waals surface area contributed by atoms with Crippen LogP contribution < -0.4 is 70.4 Å². The van der Waals surface area contributed by atoms with E-state index in [9.17, 15) is 72.5 Å². The van der Waals surface area contributed by atoms with E-state index in [1.54, 1.807) is 41.5 Å². The minimum Gasteiger partial charge on any atom is -0.480 e. The van der Waals surface area contributed by atoms with Gasteiger partial charge in [0.2, 0.25) is 70.9 Å². The molecule has 0 heterocycles. The van der Waals surface area contributed by atoms with E-state index in [1.165, 1.54) is 27.7 Å². The van der Waals surface area contributed by atoms with Gasteiger partial charge in [-0.2, -0.15) is 0 Å². The number of amides is 12. The van der Waals surface area contributed by atoms with E-state index in [1.807, 2.05) is 0 Å². The minimum atomic E-state index is -1.75. The number of aliphatic carboxylic acids is 1. The second kappa shape index (κ2) is 32.1. The molecular formula is C44H77N13O15. The fraction of sp³-hybridized carbons (Fsp3) is 0.705. The van der Waals surface area contributed by atoms with Gasteiger partial charge >= 0.3 is 5.97 Å². The number of hydrogen-bond acceptors (Lipinski definition) is 15. The van der Waals surface area contributed by atoms with Gasteiger partial charge in [0.15, 0.2) is 0 Å². The number of aliphatic hydroxyl groups excluding tert-OH is 1. The van der Waals surface area contributed by atoms with E-state index in [4.69, 9.17) is 17.2 Å². The lowest BCUT2D eigenvalue weighted by atomic mass is 9.97. The van der Waals surface area contributed by atoms with E-state index in [2.05, 4.69) is 53.2 Å². The normalized spacial score (nSPS) is 15.6. The fourth-order valence-corrected chi connectivity index (χ4v) is 6.37. The van der Waals surface area contributed by atoms with E-state index < -0.39 is 169 Å². The number of carboxylic acids is 1. The van der Waals surface area contributed by atoms with Crippen LogP contribution in [0.25, 0.3) is 0 Å². The van der Waals surface area contributed by atoms with Crippen LogP contribution >= 0.6 is 0 Å². The maximum Gasteiger partial charge on any atom is 0.326 e. The Morgan fingerprint density at radius 1 is 0.472 bits per heavy atom. The fourth-order valence-electron chi connectivity index (χ4n) is 6.37. The van der Waals surface area contributed by atoms with Gasteiger partial charge in [-0.25, -0.2) is 4.79 Å². The van der Waals surface area contributed by atoms with Gasteiger partial charge < -0.3 is 80.6 Å². The Labute approximate surface area is 418 Å². The van der Waals surface area contributed by atoms with Crippen molar-refractivity contribution in [2.24, 2.45) is 35.0 Å². The second-order valence-electron chi connectivity index (χ2n) is 18.4. The van der Waals surface area contributed by atoms with Crippen LogP contribution in [0.5, 0.6) is 0 Å². The molecule has 408 valence electrons. The molecule has 18 N–H and O–H groups in total. The molecule has 0 radical (unpaired) electrons. The van der Waals surface area contributed by atoms with Gasteiger partial charge in [0, 0.05) is 6.42 Å². The zero-order valence-electron chi connectivity index (χ0n) is 42.6. The first-order chi connectivity index (χ1) is 33.3. The van der Waals surface area contributed by atoms with Crippen molar-refractivity contribution in [2.75, 3.05) is 13.2 Å². The van der Waals surface area contributed by atoms with Crippen LogP contribution in [-0.4, -0.2) is 161 Å². The summed E-state index contributed by atoms with van der Waals surface area (Å²) in [5.41, 5.74) is 16.2. The van der Waals surface area contributed by atoms with Crippen LogP contribution in [0.3, 0.4) is 0 Å². The minimum absolute atomic E-state index is 0.0485. The van der Waals surface area contributed by atoms with Crippen LogP contribution in [0.15, 0.2) is 0 Å². The van der Waals surface area contributed by atoms with Crippen molar-refractivity contribution in [3.63, 3.8) is 0 Å².